The Morgan fingerprint density at radius 2 is 2.08 bits per heavy atom. The van der Waals surface area contributed by atoms with Gasteiger partial charge in [-0.05, 0) is 6.16 Å². The summed E-state index contributed by atoms with van der Waals surface area (Å²) in [5, 5.41) is 0. The molecule has 12 heavy (non-hydrogen) atoms. The zero-order valence-corrected chi connectivity index (χ0v) is 9.33. The van der Waals surface area contributed by atoms with Gasteiger partial charge in [0, 0.05) is 0 Å². The summed E-state index contributed by atoms with van der Waals surface area (Å²) >= 11 is 0. The topological polar surface area (TPSA) is 54.4 Å². The second-order valence-corrected chi connectivity index (χ2v) is 4.25. The summed E-state index contributed by atoms with van der Waals surface area (Å²) in [6.07, 6.45) is 5.06. The van der Waals surface area contributed by atoms with E-state index in [4.69, 9.17) is 4.55 Å². The zero-order chi connectivity index (χ0) is 10.0. The molecule has 0 aliphatic rings. The average Bonchev–Trinajstić information content (AvgIpc) is 1.87. The van der Waals surface area contributed by atoms with Crippen LogP contribution in [-0.2, 0) is 10.1 Å². The number of hydrogen-bond donors (Lipinski definition) is 1. The first-order chi connectivity index (χ1) is 5.47. The maximum Gasteiger partial charge on any atom is 0.268 e. The van der Waals surface area contributed by atoms with Crippen LogP contribution in [0.3, 0.4) is 0 Å². The summed E-state index contributed by atoms with van der Waals surface area (Å²) in [4.78, 5) is 0. The second kappa shape index (κ2) is 9.17. The van der Waals surface area contributed by atoms with Crippen molar-refractivity contribution in [3.63, 3.8) is 0 Å². The van der Waals surface area contributed by atoms with Crippen LogP contribution >= 0.6 is 9.24 Å². The first kappa shape index (κ1) is 14.6. The maximum absolute atomic E-state index is 9.72. The van der Waals surface area contributed by atoms with E-state index in [1.54, 1.807) is 0 Å². The molecule has 1 N–H and O–H groups in total. The van der Waals surface area contributed by atoms with Gasteiger partial charge in [-0.25, -0.2) is 0 Å². The molecule has 0 heterocycles. The summed E-state index contributed by atoms with van der Waals surface area (Å²) in [6.45, 7) is 5.31. The molecule has 3 nitrogen and oxygen atoms in total. The van der Waals surface area contributed by atoms with Gasteiger partial charge in [0.15, 0.2) is 0 Å². The van der Waals surface area contributed by atoms with Crippen molar-refractivity contribution >= 4 is 19.4 Å². The van der Waals surface area contributed by atoms with E-state index in [9.17, 15) is 8.42 Å². The van der Waals surface area contributed by atoms with Gasteiger partial charge in [0.1, 0.15) is 0 Å². The van der Waals surface area contributed by atoms with Gasteiger partial charge in [-0.1, -0.05) is 25.8 Å². The lowest BCUT2D eigenvalue weighted by molar-refractivity contribution is 0.487. The highest BCUT2D eigenvalue weighted by atomic mass is 32.2. The molecule has 0 aliphatic heterocycles. The highest BCUT2D eigenvalue weighted by Crippen LogP contribution is 1.89. The van der Waals surface area contributed by atoms with E-state index in [0.717, 1.165) is 6.08 Å². The summed E-state index contributed by atoms with van der Waals surface area (Å²) in [6, 6.07) is 0. The molecule has 0 fully saturated rings. The van der Waals surface area contributed by atoms with E-state index in [2.05, 4.69) is 22.7 Å². The standard InChI is InChI=1S/C4H11P.C3H6O3S/c1-2-3-4-5;1-2-3-7(4,5)6/h2-5H2,1H3;2H,1,3H2,(H,4,5,6). The van der Waals surface area contributed by atoms with Crippen LogP contribution in [0.4, 0.5) is 0 Å². The zero-order valence-electron chi connectivity index (χ0n) is 7.36. The van der Waals surface area contributed by atoms with Gasteiger partial charge in [-0.2, -0.15) is 8.42 Å². The Kier molecular flexibility index (Phi) is 11.2. The molecule has 0 bridgehead atoms. The lowest BCUT2D eigenvalue weighted by atomic mass is 10.4. The quantitative estimate of drug-likeness (QED) is 0.438. The molecule has 1 atom stereocenters. The second-order valence-electron chi connectivity index (χ2n) is 2.18. The third-order valence-corrected chi connectivity index (χ3v) is 1.95. The number of unbranched alkanes of at least 4 members (excludes halogenated alkanes) is 1. The third-order valence-electron chi connectivity index (χ3n) is 0.886. The Bertz CT molecular complexity index is 185. The molecule has 0 spiro atoms. The molecule has 0 amide bonds. The van der Waals surface area contributed by atoms with Crippen LogP contribution < -0.4 is 0 Å². The summed E-state index contributed by atoms with van der Waals surface area (Å²) in [5.74, 6) is -0.368. The van der Waals surface area contributed by atoms with Crippen molar-refractivity contribution in [3.8, 4) is 0 Å². The van der Waals surface area contributed by atoms with Crippen LogP contribution in [-0.4, -0.2) is 24.9 Å². The number of rotatable bonds is 4. The Balaban J connectivity index is 0. The van der Waals surface area contributed by atoms with E-state index in [1.807, 2.05) is 0 Å². The van der Waals surface area contributed by atoms with Crippen LogP contribution in [0.25, 0.3) is 0 Å². The van der Waals surface area contributed by atoms with Crippen molar-refractivity contribution in [1.82, 2.24) is 0 Å². The predicted octanol–water partition coefficient (Wildman–Crippen LogP) is 1.72. The molecule has 0 aromatic carbocycles. The largest absolute Gasteiger partial charge is 0.285 e. The molecule has 0 aromatic rings. The fourth-order valence-electron chi connectivity index (χ4n) is 0.353. The Hall–Kier alpha value is 0.0800. The fourth-order valence-corrected chi connectivity index (χ4v) is 1.06. The SMILES string of the molecule is C=CCS(=O)(=O)O.CCCCP. The molecule has 0 aliphatic carbocycles. The smallest absolute Gasteiger partial charge is 0.268 e. The van der Waals surface area contributed by atoms with Gasteiger partial charge < -0.3 is 0 Å². The molecular weight excluding hydrogens is 195 g/mol. The molecule has 74 valence electrons. The lowest BCUT2D eigenvalue weighted by Crippen LogP contribution is -1.99. The molecular formula is C7H17O3PS. The fraction of sp³-hybridized carbons (Fsp3) is 0.714. The van der Waals surface area contributed by atoms with Crippen LogP contribution in [0.5, 0.6) is 0 Å². The third kappa shape index (κ3) is 22.5. The minimum atomic E-state index is -3.79. The van der Waals surface area contributed by atoms with E-state index in [-0.39, 0.29) is 5.75 Å². The Morgan fingerprint density at radius 3 is 2.08 bits per heavy atom. The Labute approximate surface area is 77.2 Å². The van der Waals surface area contributed by atoms with Gasteiger partial charge in [-0.15, -0.1) is 15.8 Å². The van der Waals surface area contributed by atoms with E-state index < -0.39 is 10.1 Å². The van der Waals surface area contributed by atoms with Gasteiger partial charge in [0.25, 0.3) is 10.1 Å². The summed E-state index contributed by atoms with van der Waals surface area (Å²) < 4.78 is 27.3. The minimum absolute atomic E-state index is 0.368. The average molecular weight is 212 g/mol. The van der Waals surface area contributed by atoms with Crippen LogP contribution in [0, 0.1) is 0 Å². The number of hydrogen-bond acceptors (Lipinski definition) is 2. The van der Waals surface area contributed by atoms with Crippen LogP contribution in [0.15, 0.2) is 12.7 Å². The maximum atomic E-state index is 9.72. The molecule has 5 heteroatoms. The molecule has 1 unspecified atom stereocenters. The molecule has 0 rings (SSSR count). The van der Waals surface area contributed by atoms with Gasteiger partial charge in [0.2, 0.25) is 0 Å². The van der Waals surface area contributed by atoms with E-state index >= 15 is 0 Å². The van der Waals surface area contributed by atoms with Crippen molar-refractivity contribution in [2.75, 3.05) is 11.9 Å². The van der Waals surface area contributed by atoms with Crippen molar-refractivity contribution in [3.05, 3.63) is 12.7 Å². The van der Waals surface area contributed by atoms with Crippen LogP contribution in [0.1, 0.15) is 19.8 Å². The van der Waals surface area contributed by atoms with E-state index in [0.29, 0.717) is 0 Å². The van der Waals surface area contributed by atoms with Crippen molar-refractivity contribution < 1.29 is 13.0 Å². The van der Waals surface area contributed by atoms with Gasteiger partial charge in [-0.3, -0.25) is 4.55 Å². The Morgan fingerprint density at radius 1 is 1.58 bits per heavy atom. The molecule has 0 saturated carbocycles. The lowest BCUT2D eigenvalue weighted by Gasteiger charge is -1.82. The van der Waals surface area contributed by atoms with Crippen molar-refractivity contribution in [1.29, 1.82) is 0 Å². The first-order valence-corrected chi connectivity index (χ1v) is 6.16. The predicted molar refractivity (Wildman–Crippen MR) is 56.1 cm³/mol. The van der Waals surface area contributed by atoms with Gasteiger partial charge >= 0.3 is 0 Å². The highest BCUT2D eigenvalue weighted by Gasteiger charge is 1.95. The minimum Gasteiger partial charge on any atom is -0.285 e. The monoisotopic (exact) mass is 212 g/mol. The van der Waals surface area contributed by atoms with Crippen molar-refractivity contribution in [2.24, 2.45) is 0 Å². The first-order valence-electron chi connectivity index (χ1n) is 3.74. The van der Waals surface area contributed by atoms with E-state index in [1.165, 1.54) is 19.0 Å². The summed E-state index contributed by atoms with van der Waals surface area (Å²) in [7, 11) is -1.09. The molecule has 0 saturated heterocycles. The van der Waals surface area contributed by atoms with Crippen LogP contribution in [0.2, 0.25) is 0 Å². The molecule has 0 radical (unpaired) electrons. The molecule has 0 aromatic heterocycles. The summed E-state index contributed by atoms with van der Waals surface area (Å²) in [5.41, 5.74) is 0. The normalized spacial score (nSPS) is 9.92. The highest BCUT2D eigenvalue weighted by molar-refractivity contribution is 7.85. The van der Waals surface area contributed by atoms with Gasteiger partial charge in [0.05, 0.1) is 5.75 Å². The van der Waals surface area contributed by atoms with Crippen molar-refractivity contribution in [2.45, 2.75) is 19.8 Å².